The van der Waals surface area contributed by atoms with E-state index in [9.17, 15) is 9.59 Å². The van der Waals surface area contributed by atoms with E-state index in [1.807, 2.05) is 0 Å². The molecule has 2 rings (SSSR count). The van der Waals surface area contributed by atoms with Crippen molar-refractivity contribution < 1.29 is 19.1 Å². The molecule has 0 spiro atoms. The van der Waals surface area contributed by atoms with Gasteiger partial charge in [-0.05, 0) is 25.6 Å². The van der Waals surface area contributed by atoms with E-state index < -0.39 is 11.9 Å². The van der Waals surface area contributed by atoms with Gasteiger partial charge in [0.2, 0.25) is 0 Å². The van der Waals surface area contributed by atoms with Gasteiger partial charge in [0.15, 0.2) is 0 Å². The highest BCUT2D eigenvalue weighted by Crippen LogP contribution is 2.19. The summed E-state index contributed by atoms with van der Waals surface area (Å²) >= 11 is 0. The standard InChI is InChI=1S/C17H24N2O4/c1-14(20)23-16-7-4-3-6-15(16)17(21)22-13-5-8-19-11-9-18(2)10-12-19/h3-4,6-7H,5,8-13H2,1-2H3. The Hall–Kier alpha value is -1.92. The predicted molar refractivity (Wildman–Crippen MR) is 86.6 cm³/mol. The van der Waals surface area contributed by atoms with Crippen LogP contribution in [0.3, 0.4) is 0 Å². The fourth-order valence-corrected chi connectivity index (χ4v) is 2.48. The fourth-order valence-electron chi connectivity index (χ4n) is 2.48. The molecule has 0 bridgehead atoms. The maximum atomic E-state index is 12.1. The second-order valence-electron chi connectivity index (χ2n) is 5.72. The van der Waals surface area contributed by atoms with E-state index in [1.54, 1.807) is 24.3 Å². The first kappa shape index (κ1) is 17.4. The lowest BCUT2D eigenvalue weighted by atomic mass is 10.2. The third-order valence-corrected chi connectivity index (χ3v) is 3.81. The average molecular weight is 320 g/mol. The number of carbonyl (C=O) groups excluding carboxylic acids is 2. The lowest BCUT2D eigenvalue weighted by Gasteiger charge is -2.32. The SMILES string of the molecule is CC(=O)Oc1ccccc1C(=O)OCCCN1CCN(C)CC1. The molecule has 0 N–H and O–H groups in total. The van der Waals surface area contributed by atoms with Crippen LogP contribution >= 0.6 is 0 Å². The number of piperazine rings is 1. The molecule has 0 saturated carbocycles. The molecule has 1 saturated heterocycles. The molecule has 0 radical (unpaired) electrons. The zero-order valence-corrected chi connectivity index (χ0v) is 13.8. The number of ether oxygens (including phenoxy) is 2. The van der Waals surface area contributed by atoms with Crippen LogP contribution in [0.1, 0.15) is 23.7 Å². The van der Waals surface area contributed by atoms with Gasteiger partial charge in [-0.1, -0.05) is 12.1 Å². The van der Waals surface area contributed by atoms with Crippen LogP contribution < -0.4 is 4.74 Å². The first-order valence-electron chi connectivity index (χ1n) is 7.91. The number of esters is 2. The summed E-state index contributed by atoms with van der Waals surface area (Å²) in [7, 11) is 2.12. The van der Waals surface area contributed by atoms with Gasteiger partial charge >= 0.3 is 11.9 Å². The van der Waals surface area contributed by atoms with Gasteiger partial charge in [0.05, 0.1) is 6.61 Å². The first-order valence-corrected chi connectivity index (χ1v) is 7.91. The third-order valence-electron chi connectivity index (χ3n) is 3.81. The van der Waals surface area contributed by atoms with Crippen molar-refractivity contribution >= 4 is 11.9 Å². The molecule has 0 aliphatic carbocycles. The number of rotatable bonds is 6. The van der Waals surface area contributed by atoms with Crippen LogP contribution in [0.2, 0.25) is 0 Å². The largest absolute Gasteiger partial charge is 0.462 e. The van der Waals surface area contributed by atoms with E-state index in [1.165, 1.54) is 6.92 Å². The molecule has 6 nitrogen and oxygen atoms in total. The van der Waals surface area contributed by atoms with Crippen LogP contribution in [0.25, 0.3) is 0 Å². The Bertz CT molecular complexity index is 539. The molecule has 1 fully saturated rings. The Kier molecular flexibility index (Phi) is 6.55. The van der Waals surface area contributed by atoms with Gasteiger partial charge in [-0.25, -0.2) is 4.79 Å². The highest BCUT2D eigenvalue weighted by molar-refractivity contribution is 5.93. The van der Waals surface area contributed by atoms with Crippen LogP contribution in [0.5, 0.6) is 5.75 Å². The number of likely N-dealkylation sites (N-methyl/N-ethyl adjacent to an activating group) is 1. The topological polar surface area (TPSA) is 59.1 Å². The predicted octanol–water partition coefficient (Wildman–Crippen LogP) is 1.41. The Labute approximate surface area is 137 Å². The van der Waals surface area contributed by atoms with Crippen LogP contribution in [0.4, 0.5) is 0 Å². The number of carbonyl (C=O) groups is 2. The van der Waals surface area contributed by atoms with Crippen molar-refractivity contribution in [1.82, 2.24) is 9.80 Å². The number of hydrogen-bond acceptors (Lipinski definition) is 6. The monoisotopic (exact) mass is 320 g/mol. The van der Waals surface area contributed by atoms with Crippen molar-refractivity contribution in [3.8, 4) is 5.75 Å². The van der Waals surface area contributed by atoms with Crippen LogP contribution in [0.15, 0.2) is 24.3 Å². The molecule has 126 valence electrons. The number of para-hydroxylation sites is 1. The van der Waals surface area contributed by atoms with Crippen molar-refractivity contribution in [2.24, 2.45) is 0 Å². The summed E-state index contributed by atoms with van der Waals surface area (Å²) in [5, 5.41) is 0. The van der Waals surface area contributed by atoms with Gasteiger partial charge in [-0.2, -0.15) is 0 Å². The van der Waals surface area contributed by atoms with E-state index in [-0.39, 0.29) is 11.3 Å². The Morgan fingerprint density at radius 2 is 1.83 bits per heavy atom. The minimum absolute atomic E-state index is 0.240. The van der Waals surface area contributed by atoms with Gasteiger partial charge in [-0.15, -0.1) is 0 Å². The molecule has 0 atom stereocenters. The fraction of sp³-hybridized carbons (Fsp3) is 0.529. The van der Waals surface area contributed by atoms with Crippen LogP contribution in [0, 0.1) is 0 Å². The molecule has 0 unspecified atom stereocenters. The van der Waals surface area contributed by atoms with Gasteiger partial charge < -0.3 is 19.3 Å². The zero-order valence-electron chi connectivity index (χ0n) is 13.8. The van der Waals surface area contributed by atoms with Crippen molar-refractivity contribution in [3.63, 3.8) is 0 Å². The molecule has 23 heavy (non-hydrogen) atoms. The van der Waals surface area contributed by atoms with Crippen molar-refractivity contribution in [1.29, 1.82) is 0 Å². The molecule has 1 aromatic rings. The Morgan fingerprint density at radius 3 is 2.52 bits per heavy atom. The van der Waals surface area contributed by atoms with E-state index >= 15 is 0 Å². The normalized spacial score (nSPS) is 16.1. The van der Waals surface area contributed by atoms with Gasteiger partial charge in [0, 0.05) is 39.6 Å². The van der Waals surface area contributed by atoms with E-state index in [0.717, 1.165) is 39.1 Å². The zero-order chi connectivity index (χ0) is 16.7. The van der Waals surface area contributed by atoms with Crippen LogP contribution in [-0.4, -0.2) is 68.1 Å². The number of hydrogen-bond donors (Lipinski definition) is 0. The molecule has 0 aromatic heterocycles. The third kappa shape index (κ3) is 5.65. The van der Waals surface area contributed by atoms with Crippen molar-refractivity contribution in [2.45, 2.75) is 13.3 Å². The highest BCUT2D eigenvalue weighted by atomic mass is 16.5. The van der Waals surface area contributed by atoms with Crippen molar-refractivity contribution in [3.05, 3.63) is 29.8 Å². The lowest BCUT2D eigenvalue weighted by molar-refractivity contribution is -0.131. The molecule has 1 heterocycles. The minimum Gasteiger partial charge on any atom is -0.462 e. The minimum atomic E-state index is -0.458. The molecular weight excluding hydrogens is 296 g/mol. The quantitative estimate of drug-likeness (QED) is 0.449. The van der Waals surface area contributed by atoms with E-state index in [2.05, 4.69) is 16.8 Å². The molecule has 1 aliphatic rings. The first-order chi connectivity index (χ1) is 11.1. The lowest BCUT2D eigenvalue weighted by Crippen LogP contribution is -2.44. The molecule has 1 aliphatic heterocycles. The smallest absolute Gasteiger partial charge is 0.341 e. The Balaban J connectivity index is 1.75. The summed E-state index contributed by atoms with van der Waals surface area (Å²) in [6, 6.07) is 6.61. The van der Waals surface area contributed by atoms with E-state index in [4.69, 9.17) is 9.47 Å². The summed E-state index contributed by atoms with van der Waals surface area (Å²) in [5.41, 5.74) is 0.280. The summed E-state index contributed by atoms with van der Waals surface area (Å²) in [6.07, 6.45) is 0.797. The number of benzene rings is 1. The maximum absolute atomic E-state index is 12.1. The highest BCUT2D eigenvalue weighted by Gasteiger charge is 2.16. The van der Waals surface area contributed by atoms with Crippen molar-refractivity contribution in [2.75, 3.05) is 46.4 Å². The summed E-state index contributed by atoms with van der Waals surface area (Å²) in [5.74, 6) is -0.676. The second kappa shape index (κ2) is 8.64. The van der Waals surface area contributed by atoms with Gasteiger partial charge in [-0.3, -0.25) is 4.79 Å². The molecule has 0 amide bonds. The second-order valence-corrected chi connectivity index (χ2v) is 5.72. The average Bonchev–Trinajstić information content (AvgIpc) is 2.53. The summed E-state index contributed by atoms with van der Waals surface area (Å²) in [6.45, 7) is 6.86. The molecular formula is C17H24N2O4. The Morgan fingerprint density at radius 1 is 1.13 bits per heavy atom. The summed E-state index contributed by atoms with van der Waals surface area (Å²) < 4.78 is 10.3. The molecule has 6 heteroatoms. The van der Waals surface area contributed by atoms with Gasteiger partial charge in [0.25, 0.3) is 0 Å². The number of nitrogens with zero attached hydrogens (tertiary/aromatic N) is 2. The molecule has 1 aromatic carbocycles. The van der Waals surface area contributed by atoms with Crippen LogP contribution in [-0.2, 0) is 9.53 Å². The summed E-state index contributed by atoms with van der Waals surface area (Å²) in [4.78, 5) is 27.9. The van der Waals surface area contributed by atoms with Gasteiger partial charge in [0.1, 0.15) is 11.3 Å². The van der Waals surface area contributed by atoms with E-state index in [0.29, 0.717) is 6.61 Å². The maximum Gasteiger partial charge on any atom is 0.341 e.